The van der Waals surface area contributed by atoms with E-state index in [0.29, 0.717) is 0 Å². The number of carbonyl (C=O) groups is 4. The number of cyclic esters (lactones) is 4. The maximum absolute atomic E-state index is 12.3. The molecule has 0 radical (unpaired) electrons. The van der Waals surface area contributed by atoms with Crippen molar-refractivity contribution in [2.75, 3.05) is 0 Å². The van der Waals surface area contributed by atoms with Crippen LogP contribution in [0.15, 0.2) is 0 Å². The van der Waals surface area contributed by atoms with Gasteiger partial charge in [0.2, 0.25) is 0 Å². The SMILES string of the molecule is O=C1OC(=O)Oc2c(Cl)c(Cl)c3c4c(Cl)c(Cl)c5c6c(c(Cl)c(Cl)c(c7c(Cl)c(Cl)c(c2c73)O1)c64)OC(=O)OC(=O)O5. The van der Waals surface area contributed by atoms with Crippen LogP contribution < -0.4 is 18.9 Å². The molecule has 0 fully saturated rings. The molecular weight excluding hydrogens is 732 g/mol. The van der Waals surface area contributed by atoms with Crippen molar-refractivity contribution in [3.8, 4) is 23.0 Å². The number of carbonyl (C=O) groups excluding carboxylic acids is 4. The number of fused-ring (bicyclic) bond motifs is 2. The third kappa shape index (κ3) is 3.55. The molecular formula is C24Cl8O10. The Balaban J connectivity index is 1.90. The summed E-state index contributed by atoms with van der Waals surface area (Å²) in [6, 6.07) is 0. The molecule has 0 unspecified atom stereocenters. The van der Waals surface area contributed by atoms with E-state index in [-0.39, 0.29) is 83.3 Å². The average Bonchev–Trinajstić information content (AvgIpc) is 2.91. The highest BCUT2D eigenvalue weighted by atomic mass is 35.5. The molecule has 2 aliphatic heterocycles. The largest absolute Gasteiger partial charge is 0.524 e. The summed E-state index contributed by atoms with van der Waals surface area (Å²) in [5, 5.41) is -2.78. The lowest BCUT2D eigenvalue weighted by molar-refractivity contribution is 0.0858. The number of rotatable bonds is 0. The van der Waals surface area contributed by atoms with E-state index in [0.717, 1.165) is 0 Å². The van der Waals surface area contributed by atoms with Gasteiger partial charge in [0.1, 0.15) is 20.1 Å². The van der Waals surface area contributed by atoms with Crippen LogP contribution in [0.25, 0.3) is 43.1 Å². The molecule has 2 heterocycles. The van der Waals surface area contributed by atoms with Gasteiger partial charge in [-0.05, 0) is 0 Å². The van der Waals surface area contributed by atoms with Crippen LogP contribution in [0.4, 0.5) is 19.2 Å². The molecule has 0 spiro atoms. The minimum Gasteiger partial charge on any atom is -0.392 e. The zero-order valence-corrected chi connectivity index (χ0v) is 25.2. The first-order valence-corrected chi connectivity index (χ1v) is 13.8. The number of hydrogen-bond donors (Lipinski definition) is 0. The van der Waals surface area contributed by atoms with Gasteiger partial charge in [-0.15, -0.1) is 0 Å². The van der Waals surface area contributed by atoms with Gasteiger partial charge >= 0.3 is 24.6 Å². The van der Waals surface area contributed by atoms with Gasteiger partial charge in [0.05, 0.1) is 30.9 Å². The predicted octanol–water partition coefficient (Wildman–Crippen LogP) is 11.0. The van der Waals surface area contributed by atoms with Crippen LogP contribution in [0.3, 0.4) is 0 Å². The van der Waals surface area contributed by atoms with Gasteiger partial charge in [-0.3, -0.25) is 0 Å². The molecule has 5 aromatic rings. The van der Waals surface area contributed by atoms with Crippen LogP contribution in [0.5, 0.6) is 23.0 Å². The zero-order valence-electron chi connectivity index (χ0n) is 19.1. The summed E-state index contributed by atoms with van der Waals surface area (Å²) >= 11 is 53.5. The van der Waals surface area contributed by atoms with Gasteiger partial charge in [0, 0.05) is 32.3 Å². The zero-order chi connectivity index (χ0) is 30.1. The average molecular weight is 732 g/mol. The monoisotopic (exact) mass is 728 g/mol. The van der Waals surface area contributed by atoms with Crippen molar-refractivity contribution in [2.24, 2.45) is 0 Å². The summed E-state index contributed by atoms with van der Waals surface area (Å²) in [4.78, 5) is 49.1. The second-order valence-corrected chi connectivity index (χ2v) is 11.5. The third-order valence-electron chi connectivity index (χ3n) is 6.43. The fourth-order valence-electron chi connectivity index (χ4n) is 5.00. The molecule has 0 atom stereocenters. The van der Waals surface area contributed by atoms with E-state index in [9.17, 15) is 19.2 Å². The molecule has 7 rings (SSSR count). The van der Waals surface area contributed by atoms with Gasteiger partial charge in [-0.2, -0.15) is 0 Å². The first kappa shape index (κ1) is 28.0. The molecule has 0 saturated heterocycles. The quantitative estimate of drug-likeness (QED) is 0.0499. The molecule has 0 N–H and O–H groups in total. The molecule has 0 bridgehead atoms. The Hall–Kier alpha value is -2.80. The second-order valence-electron chi connectivity index (χ2n) is 8.44. The Kier molecular flexibility index (Phi) is 6.23. The van der Waals surface area contributed by atoms with Gasteiger partial charge in [-0.25, -0.2) is 19.2 Å². The van der Waals surface area contributed by atoms with Gasteiger partial charge in [-0.1, -0.05) is 92.8 Å². The number of halogens is 8. The van der Waals surface area contributed by atoms with Crippen LogP contribution in [-0.2, 0) is 9.47 Å². The van der Waals surface area contributed by atoms with E-state index in [1.165, 1.54) is 0 Å². The summed E-state index contributed by atoms with van der Waals surface area (Å²) < 4.78 is 29.8. The fourth-order valence-corrected chi connectivity index (χ4v) is 7.01. The summed E-state index contributed by atoms with van der Waals surface area (Å²) in [6.45, 7) is 0. The lowest BCUT2D eigenvalue weighted by Gasteiger charge is -2.26. The van der Waals surface area contributed by atoms with Crippen molar-refractivity contribution in [1.29, 1.82) is 0 Å². The van der Waals surface area contributed by atoms with Crippen molar-refractivity contribution >= 4 is 161 Å². The molecule has 2 aliphatic rings. The van der Waals surface area contributed by atoms with Crippen LogP contribution >= 0.6 is 92.8 Å². The lowest BCUT2D eigenvalue weighted by Crippen LogP contribution is -2.22. The van der Waals surface area contributed by atoms with Gasteiger partial charge < -0.3 is 28.4 Å². The maximum Gasteiger partial charge on any atom is 0.524 e. The van der Waals surface area contributed by atoms with Crippen LogP contribution in [0.1, 0.15) is 0 Å². The van der Waals surface area contributed by atoms with Crippen molar-refractivity contribution in [3.63, 3.8) is 0 Å². The summed E-state index contributed by atoms with van der Waals surface area (Å²) in [5.41, 5.74) is 0. The summed E-state index contributed by atoms with van der Waals surface area (Å²) in [7, 11) is 0. The Morgan fingerprint density at radius 2 is 0.476 bits per heavy atom. The highest BCUT2D eigenvalue weighted by Crippen LogP contribution is 2.62. The van der Waals surface area contributed by atoms with Crippen molar-refractivity contribution in [3.05, 3.63) is 40.2 Å². The molecule has 18 heteroatoms. The second kappa shape index (κ2) is 9.35. The Morgan fingerprint density at radius 1 is 0.262 bits per heavy atom. The Morgan fingerprint density at radius 3 is 0.690 bits per heavy atom. The number of hydrogen-bond acceptors (Lipinski definition) is 10. The van der Waals surface area contributed by atoms with Gasteiger partial charge in [0.15, 0.2) is 23.0 Å². The Labute approximate surface area is 269 Å². The lowest BCUT2D eigenvalue weighted by atomic mass is 9.88. The Bertz CT molecular complexity index is 1910. The molecule has 0 aromatic heterocycles. The smallest absolute Gasteiger partial charge is 0.392 e. The molecule has 10 nitrogen and oxygen atoms in total. The first-order chi connectivity index (χ1) is 19.8. The number of benzene rings is 5. The van der Waals surface area contributed by atoms with Crippen molar-refractivity contribution in [1.82, 2.24) is 0 Å². The highest BCUT2D eigenvalue weighted by Gasteiger charge is 2.38. The minimum atomic E-state index is -1.50. The molecule has 0 aliphatic carbocycles. The van der Waals surface area contributed by atoms with Crippen molar-refractivity contribution in [2.45, 2.75) is 0 Å². The van der Waals surface area contributed by atoms with Crippen molar-refractivity contribution < 1.29 is 47.6 Å². The summed E-state index contributed by atoms with van der Waals surface area (Å²) in [5.74, 6) is -1.67. The van der Waals surface area contributed by atoms with Crippen LogP contribution in [0, 0.1) is 0 Å². The maximum atomic E-state index is 12.3. The number of ether oxygens (including phenoxy) is 6. The predicted molar refractivity (Wildman–Crippen MR) is 154 cm³/mol. The van der Waals surface area contributed by atoms with E-state index >= 15 is 0 Å². The third-order valence-corrected chi connectivity index (χ3v) is 9.77. The summed E-state index contributed by atoms with van der Waals surface area (Å²) in [6.07, 6.45) is -5.99. The topological polar surface area (TPSA) is 124 Å². The van der Waals surface area contributed by atoms with E-state index in [4.69, 9.17) is 112 Å². The van der Waals surface area contributed by atoms with Crippen LogP contribution in [-0.4, -0.2) is 24.6 Å². The molecule has 42 heavy (non-hydrogen) atoms. The first-order valence-electron chi connectivity index (χ1n) is 10.8. The molecule has 212 valence electrons. The van der Waals surface area contributed by atoms with E-state index in [1.807, 2.05) is 0 Å². The normalized spacial score (nSPS) is 15.0. The van der Waals surface area contributed by atoms with Gasteiger partial charge in [0.25, 0.3) is 0 Å². The van der Waals surface area contributed by atoms with Crippen LogP contribution in [0.2, 0.25) is 40.2 Å². The molecule has 5 aromatic carbocycles. The van der Waals surface area contributed by atoms with E-state index in [2.05, 4.69) is 9.47 Å². The standard InChI is InChI=1S/C24Cl8O10/c25-9-3-1-4(10(26)14(30)18-7(1)17(13(9)29)37-21(33)41-22(34)38-18)6-2-5(3)11(27)15(31)19-8(2)20(16(32)12(6)28)40-24(36)42-23(35)39-19. The highest BCUT2D eigenvalue weighted by molar-refractivity contribution is 6.61. The van der Waals surface area contributed by atoms with E-state index in [1.54, 1.807) is 0 Å². The molecule has 0 saturated carbocycles. The minimum absolute atomic E-state index is 0.00933. The fraction of sp³-hybridized carbons (Fsp3) is 0. The molecule has 0 amide bonds. The van der Waals surface area contributed by atoms with E-state index < -0.39 is 47.6 Å².